The number of nitrogens with zero attached hydrogens (tertiary/aromatic N) is 6. The van der Waals surface area contributed by atoms with Crippen molar-refractivity contribution in [2.45, 2.75) is 19.0 Å². The van der Waals surface area contributed by atoms with E-state index in [4.69, 9.17) is 10.5 Å². The first kappa shape index (κ1) is 22.5. The number of morpholine rings is 1. The Labute approximate surface area is 188 Å². The van der Waals surface area contributed by atoms with Gasteiger partial charge in [0.05, 0.1) is 30.2 Å². The second kappa shape index (κ2) is 9.02. The molecule has 1 unspecified atom stereocenters. The fourth-order valence-electron chi connectivity index (χ4n) is 3.46. The third-order valence-corrected chi connectivity index (χ3v) is 5.25. The van der Waals surface area contributed by atoms with E-state index in [1.54, 1.807) is 25.4 Å². The maximum absolute atomic E-state index is 13.6. The number of rotatable bonds is 5. The zero-order chi connectivity index (χ0) is 23.6. The van der Waals surface area contributed by atoms with Crippen molar-refractivity contribution in [3.8, 4) is 11.4 Å². The Morgan fingerprint density at radius 1 is 1.27 bits per heavy atom. The van der Waals surface area contributed by atoms with E-state index in [2.05, 4.69) is 19.9 Å². The highest BCUT2D eigenvalue weighted by atomic mass is 19.3. The van der Waals surface area contributed by atoms with E-state index in [1.165, 1.54) is 35.2 Å². The molecule has 1 aromatic carbocycles. The lowest BCUT2D eigenvalue weighted by atomic mass is 10.1. The largest absolute Gasteiger partial charge is 0.385 e. The van der Waals surface area contributed by atoms with Crippen LogP contribution < -0.4 is 16.2 Å². The normalized spacial score (nSPS) is 17.3. The molecule has 1 aliphatic heterocycles. The van der Waals surface area contributed by atoms with Crippen LogP contribution in [-0.2, 0) is 17.7 Å². The van der Waals surface area contributed by atoms with E-state index < -0.39 is 12.0 Å². The molecule has 4 rings (SSSR count). The molecular weight excluding hydrogens is 432 g/mol. The zero-order valence-corrected chi connectivity index (χ0v) is 18.2. The zero-order valence-electron chi connectivity index (χ0n) is 18.2. The van der Waals surface area contributed by atoms with Crippen molar-refractivity contribution in [1.82, 2.24) is 19.5 Å². The molecule has 0 aliphatic carbocycles. The molecule has 0 spiro atoms. The molecule has 2 N–H and O–H groups in total. The van der Waals surface area contributed by atoms with E-state index >= 15 is 0 Å². The fraction of sp³-hybridized carbons (Fsp3) is 0.318. The van der Waals surface area contributed by atoms with Crippen LogP contribution in [0.1, 0.15) is 12.5 Å². The summed E-state index contributed by atoms with van der Waals surface area (Å²) in [6.07, 6.45) is 2.36. The van der Waals surface area contributed by atoms with Crippen LogP contribution in [0, 0.1) is 0 Å². The highest BCUT2D eigenvalue weighted by Crippen LogP contribution is 2.29. The summed E-state index contributed by atoms with van der Waals surface area (Å²) in [5.74, 6) is -2.40. The number of amidine groups is 1. The number of alkyl halides is 2. The monoisotopic (exact) mass is 455 g/mol. The average molecular weight is 455 g/mol. The van der Waals surface area contributed by atoms with Gasteiger partial charge in [-0.1, -0.05) is 12.1 Å². The number of hydrogen-bond donors (Lipinski definition) is 1. The first-order valence-electron chi connectivity index (χ1n) is 10.3. The van der Waals surface area contributed by atoms with Crippen molar-refractivity contribution in [2.24, 2.45) is 17.8 Å². The first-order valence-corrected chi connectivity index (χ1v) is 10.3. The molecule has 1 fully saturated rings. The molecule has 3 heterocycles. The molecule has 1 saturated heterocycles. The lowest BCUT2D eigenvalue weighted by Gasteiger charge is -2.34. The number of hydrogen-bond acceptors (Lipinski definition) is 7. The van der Waals surface area contributed by atoms with Crippen LogP contribution in [0.25, 0.3) is 11.4 Å². The van der Waals surface area contributed by atoms with E-state index in [0.29, 0.717) is 36.2 Å². The molecule has 2 aromatic heterocycles. The summed E-state index contributed by atoms with van der Waals surface area (Å²) in [5, 5.41) is 0. The summed E-state index contributed by atoms with van der Waals surface area (Å²) in [7, 11) is 1.63. The second-order valence-electron chi connectivity index (χ2n) is 7.71. The van der Waals surface area contributed by atoms with Gasteiger partial charge >= 0.3 is 0 Å². The molecule has 3 aromatic rings. The maximum atomic E-state index is 13.6. The number of nitrogens with two attached hydrogens (primary N) is 1. The fourth-order valence-corrected chi connectivity index (χ4v) is 3.46. The Balaban J connectivity index is 1.60. The maximum Gasteiger partial charge on any atom is 0.270 e. The molecule has 1 aliphatic rings. The van der Waals surface area contributed by atoms with E-state index in [9.17, 15) is 13.6 Å². The number of benzene rings is 1. The Bertz CT molecular complexity index is 1230. The Kier molecular flexibility index (Phi) is 6.14. The summed E-state index contributed by atoms with van der Waals surface area (Å²) in [5.41, 5.74) is 7.05. The molecular formula is C22H23F2N7O2. The molecule has 1 atom stereocenters. The minimum Gasteiger partial charge on any atom is -0.385 e. The van der Waals surface area contributed by atoms with Gasteiger partial charge in [-0.3, -0.25) is 9.36 Å². The lowest BCUT2D eigenvalue weighted by Crippen LogP contribution is -2.50. The Hall–Kier alpha value is -3.73. The van der Waals surface area contributed by atoms with Crippen molar-refractivity contribution < 1.29 is 13.5 Å². The van der Waals surface area contributed by atoms with Gasteiger partial charge in [0.15, 0.2) is 0 Å². The first-order chi connectivity index (χ1) is 15.7. The number of aromatic nitrogens is 4. The van der Waals surface area contributed by atoms with Crippen molar-refractivity contribution in [3.63, 3.8) is 0 Å². The molecule has 0 bridgehead atoms. The topological polar surface area (TPSA) is 112 Å². The average Bonchev–Trinajstić information content (AvgIpc) is 2.81. The summed E-state index contributed by atoms with van der Waals surface area (Å²) in [4.78, 5) is 31.4. The van der Waals surface area contributed by atoms with Crippen LogP contribution in [0.15, 0.2) is 58.7 Å². The van der Waals surface area contributed by atoms with Gasteiger partial charge in [-0.2, -0.15) is 0 Å². The highest BCUT2D eigenvalue weighted by Gasteiger charge is 2.27. The minimum atomic E-state index is -2.98. The predicted octanol–water partition coefficient (Wildman–Crippen LogP) is 2.24. The molecule has 0 amide bonds. The summed E-state index contributed by atoms with van der Waals surface area (Å²) in [6.45, 7) is 1.91. The Morgan fingerprint density at radius 2 is 2.09 bits per heavy atom. The van der Waals surface area contributed by atoms with Gasteiger partial charge in [0.1, 0.15) is 18.3 Å². The molecule has 0 radical (unpaired) electrons. The molecule has 9 nitrogen and oxygen atoms in total. The molecule has 0 saturated carbocycles. The van der Waals surface area contributed by atoms with Crippen molar-refractivity contribution in [3.05, 3.63) is 64.8 Å². The van der Waals surface area contributed by atoms with E-state index in [0.717, 1.165) is 6.92 Å². The van der Waals surface area contributed by atoms with Gasteiger partial charge in [0.2, 0.25) is 5.95 Å². The lowest BCUT2D eigenvalue weighted by molar-refractivity contribution is 0.0175. The highest BCUT2D eigenvalue weighted by molar-refractivity contribution is 5.88. The standard InChI is InChI=1S/C22H23F2N7O2/c1-22(23,24)14-4-3-5-15(10-14)28-20(25)18-12-31(8-9-33-18)21-29-17(11-19(32)30(21)2)16-6-7-26-13-27-16/h3-7,10-11,13,18H,8-9,12H2,1-2H3,(H2,25,28). The SMILES string of the molecule is Cn1c(N2CCOC(C(N)=Nc3cccc(C(C)(F)F)c3)C2)nc(-c2ccncn2)cc1=O. The number of anilines is 1. The van der Waals surface area contributed by atoms with E-state index in [-0.39, 0.29) is 23.5 Å². The van der Waals surface area contributed by atoms with Crippen LogP contribution in [0.2, 0.25) is 0 Å². The van der Waals surface area contributed by atoms with E-state index in [1.807, 2.05) is 4.90 Å². The van der Waals surface area contributed by atoms with Crippen LogP contribution in [0.5, 0.6) is 0 Å². The van der Waals surface area contributed by atoms with Crippen LogP contribution >= 0.6 is 0 Å². The smallest absolute Gasteiger partial charge is 0.270 e. The number of ether oxygens (including phenoxy) is 1. The van der Waals surface area contributed by atoms with Crippen LogP contribution in [0.4, 0.5) is 20.4 Å². The summed E-state index contributed by atoms with van der Waals surface area (Å²) in [6, 6.07) is 8.82. The van der Waals surface area contributed by atoms with Crippen LogP contribution in [0.3, 0.4) is 0 Å². The third-order valence-electron chi connectivity index (χ3n) is 5.25. The van der Waals surface area contributed by atoms with Gasteiger partial charge in [0.25, 0.3) is 11.5 Å². The van der Waals surface area contributed by atoms with Gasteiger partial charge < -0.3 is 15.4 Å². The van der Waals surface area contributed by atoms with Crippen molar-refractivity contribution in [2.75, 3.05) is 24.6 Å². The summed E-state index contributed by atoms with van der Waals surface area (Å²) >= 11 is 0. The summed E-state index contributed by atoms with van der Waals surface area (Å²) < 4.78 is 34.5. The molecule has 33 heavy (non-hydrogen) atoms. The quantitative estimate of drug-likeness (QED) is 0.464. The Morgan fingerprint density at radius 3 is 2.82 bits per heavy atom. The van der Waals surface area contributed by atoms with Crippen molar-refractivity contribution in [1.29, 1.82) is 0 Å². The minimum absolute atomic E-state index is 0.147. The number of halogens is 2. The van der Waals surface area contributed by atoms with Gasteiger partial charge in [0, 0.05) is 38.3 Å². The third kappa shape index (κ3) is 5.03. The predicted molar refractivity (Wildman–Crippen MR) is 120 cm³/mol. The van der Waals surface area contributed by atoms with Gasteiger partial charge in [-0.05, 0) is 18.2 Å². The van der Waals surface area contributed by atoms with Gasteiger partial charge in [-0.15, -0.1) is 0 Å². The molecule has 11 heteroatoms. The van der Waals surface area contributed by atoms with Gasteiger partial charge in [-0.25, -0.2) is 28.7 Å². The van der Waals surface area contributed by atoms with Crippen molar-refractivity contribution >= 4 is 17.5 Å². The van der Waals surface area contributed by atoms with Crippen LogP contribution in [-0.4, -0.2) is 51.2 Å². The second-order valence-corrected chi connectivity index (χ2v) is 7.71. The molecule has 172 valence electrons. The number of aliphatic imine (C=N–C) groups is 1.